The highest BCUT2D eigenvalue weighted by Crippen LogP contribution is 2.37. The maximum absolute atomic E-state index is 13.0. The van der Waals surface area contributed by atoms with Crippen molar-refractivity contribution in [2.75, 3.05) is 18.9 Å². The van der Waals surface area contributed by atoms with Gasteiger partial charge in [-0.25, -0.2) is 0 Å². The number of carbonyl (C=O) groups is 1. The van der Waals surface area contributed by atoms with Crippen LogP contribution in [0.25, 0.3) is 0 Å². The van der Waals surface area contributed by atoms with Crippen LogP contribution in [0.2, 0.25) is 0 Å². The number of alkyl halides is 3. The molecule has 0 radical (unpaired) electrons. The molecule has 0 saturated carbocycles. The summed E-state index contributed by atoms with van der Waals surface area (Å²) in [6, 6.07) is 3.86. The van der Waals surface area contributed by atoms with Crippen LogP contribution in [-0.4, -0.2) is 30.4 Å². The molecule has 2 rings (SSSR count). The zero-order valence-electron chi connectivity index (χ0n) is 10.8. The number of halogens is 4. The maximum Gasteiger partial charge on any atom is 0.418 e. The molecule has 1 N–H and O–H groups in total. The third-order valence-corrected chi connectivity index (χ3v) is 3.77. The fourth-order valence-corrected chi connectivity index (χ4v) is 2.59. The van der Waals surface area contributed by atoms with Gasteiger partial charge in [0, 0.05) is 36.2 Å². The van der Waals surface area contributed by atoms with E-state index >= 15 is 0 Å². The van der Waals surface area contributed by atoms with E-state index < -0.39 is 11.7 Å². The van der Waals surface area contributed by atoms with Gasteiger partial charge in [0.25, 0.3) is 0 Å². The van der Waals surface area contributed by atoms with Crippen molar-refractivity contribution in [1.29, 1.82) is 0 Å². The first-order valence-electron chi connectivity index (χ1n) is 6.14. The number of carbonyl (C=O) groups excluding carboxylic acids is 1. The van der Waals surface area contributed by atoms with Gasteiger partial charge in [-0.05, 0) is 24.6 Å². The van der Waals surface area contributed by atoms with Gasteiger partial charge in [0.15, 0.2) is 0 Å². The SMILES string of the molecule is CN1CC(Nc2ccc(Br)cc2C(F)(F)F)CCC1=O. The number of hydrogen-bond acceptors (Lipinski definition) is 2. The predicted octanol–water partition coefficient (Wildman–Crippen LogP) is 3.50. The molecule has 1 aromatic rings. The molecule has 110 valence electrons. The van der Waals surface area contributed by atoms with Gasteiger partial charge in [-0.15, -0.1) is 0 Å². The summed E-state index contributed by atoms with van der Waals surface area (Å²) in [5.41, 5.74) is -0.653. The number of piperidine rings is 1. The smallest absolute Gasteiger partial charge is 0.380 e. The van der Waals surface area contributed by atoms with E-state index in [4.69, 9.17) is 0 Å². The van der Waals surface area contributed by atoms with Gasteiger partial charge in [0.05, 0.1) is 5.56 Å². The van der Waals surface area contributed by atoms with Gasteiger partial charge in [0.2, 0.25) is 5.91 Å². The molecule has 1 atom stereocenters. The molecule has 1 saturated heterocycles. The highest BCUT2D eigenvalue weighted by molar-refractivity contribution is 9.10. The van der Waals surface area contributed by atoms with Gasteiger partial charge >= 0.3 is 6.18 Å². The molecule has 1 aliphatic heterocycles. The number of benzene rings is 1. The van der Waals surface area contributed by atoms with Crippen molar-refractivity contribution in [3.8, 4) is 0 Å². The average molecular weight is 351 g/mol. The lowest BCUT2D eigenvalue weighted by Gasteiger charge is -2.31. The Morgan fingerprint density at radius 3 is 2.70 bits per heavy atom. The standard InChI is InChI=1S/C13H14BrF3N2O/c1-19-7-9(3-5-12(19)20)18-11-4-2-8(14)6-10(11)13(15,16)17/h2,4,6,9,18H,3,5,7H2,1H3. The second-order valence-electron chi connectivity index (χ2n) is 4.84. The van der Waals surface area contributed by atoms with Crippen LogP contribution in [0.5, 0.6) is 0 Å². The molecule has 0 spiro atoms. The fourth-order valence-electron chi connectivity index (χ4n) is 2.23. The monoisotopic (exact) mass is 350 g/mol. The topological polar surface area (TPSA) is 32.3 Å². The van der Waals surface area contributed by atoms with E-state index in [0.29, 0.717) is 23.9 Å². The van der Waals surface area contributed by atoms with E-state index in [-0.39, 0.29) is 17.6 Å². The van der Waals surface area contributed by atoms with Crippen LogP contribution < -0.4 is 5.32 Å². The molecular formula is C13H14BrF3N2O. The maximum atomic E-state index is 13.0. The summed E-state index contributed by atoms with van der Waals surface area (Å²) in [5, 5.41) is 2.90. The van der Waals surface area contributed by atoms with Crippen LogP contribution in [0, 0.1) is 0 Å². The molecule has 0 bridgehead atoms. The minimum absolute atomic E-state index is 0.0231. The van der Waals surface area contributed by atoms with E-state index in [1.165, 1.54) is 11.0 Å². The van der Waals surface area contributed by atoms with Crippen LogP contribution in [-0.2, 0) is 11.0 Å². The summed E-state index contributed by atoms with van der Waals surface area (Å²) < 4.78 is 39.4. The highest BCUT2D eigenvalue weighted by atomic mass is 79.9. The Hall–Kier alpha value is -1.24. The molecule has 7 heteroatoms. The number of hydrogen-bond donors (Lipinski definition) is 1. The van der Waals surface area contributed by atoms with E-state index in [1.54, 1.807) is 13.1 Å². The van der Waals surface area contributed by atoms with Gasteiger partial charge in [-0.3, -0.25) is 4.79 Å². The number of likely N-dealkylation sites (N-methyl/N-ethyl adjacent to an activating group) is 1. The summed E-state index contributed by atoms with van der Waals surface area (Å²) in [6.07, 6.45) is -3.52. The second-order valence-corrected chi connectivity index (χ2v) is 5.76. The third kappa shape index (κ3) is 3.45. The minimum Gasteiger partial charge on any atom is -0.380 e. The van der Waals surface area contributed by atoms with Crippen molar-refractivity contribution >= 4 is 27.5 Å². The zero-order valence-corrected chi connectivity index (χ0v) is 12.4. The molecule has 1 heterocycles. The molecule has 0 aromatic heterocycles. The van der Waals surface area contributed by atoms with Gasteiger partial charge in [-0.2, -0.15) is 13.2 Å². The number of likely N-dealkylation sites (tertiary alicyclic amines) is 1. The van der Waals surface area contributed by atoms with E-state index in [9.17, 15) is 18.0 Å². The number of rotatable bonds is 2. The van der Waals surface area contributed by atoms with Gasteiger partial charge in [0.1, 0.15) is 0 Å². The molecule has 0 aliphatic carbocycles. The third-order valence-electron chi connectivity index (χ3n) is 3.27. The van der Waals surface area contributed by atoms with Crippen LogP contribution in [0.1, 0.15) is 18.4 Å². The number of nitrogens with zero attached hydrogens (tertiary/aromatic N) is 1. The molecular weight excluding hydrogens is 337 g/mol. The summed E-state index contributed by atoms with van der Waals surface area (Å²) >= 11 is 3.05. The highest BCUT2D eigenvalue weighted by Gasteiger charge is 2.34. The Morgan fingerprint density at radius 2 is 2.10 bits per heavy atom. The second kappa shape index (κ2) is 5.63. The Morgan fingerprint density at radius 1 is 1.40 bits per heavy atom. The van der Waals surface area contributed by atoms with Crippen molar-refractivity contribution in [3.63, 3.8) is 0 Å². The Labute approximate surface area is 123 Å². The van der Waals surface area contributed by atoms with Crippen molar-refractivity contribution in [3.05, 3.63) is 28.2 Å². The van der Waals surface area contributed by atoms with Crippen LogP contribution >= 0.6 is 15.9 Å². The van der Waals surface area contributed by atoms with Crippen molar-refractivity contribution < 1.29 is 18.0 Å². The average Bonchev–Trinajstić information content (AvgIpc) is 2.35. The van der Waals surface area contributed by atoms with Crippen molar-refractivity contribution in [2.24, 2.45) is 0 Å². The van der Waals surface area contributed by atoms with E-state index in [0.717, 1.165) is 6.07 Å². The van der Waals surface area contributed by atoms with Crippen molar-refractivity contribution in [2.45, 2.75) is 25.1 Å². The lowest BCUT2D eigenvalue weighted by Crippen LogP contribution is -2.43. The first kappa shape index (κ1) is 15.2. The summed E-state index contributed by atoms with van der Waals surface area (Å²) in [5.74, 6) is 0.0231. The number of amides is 1. The largest absolute Gasteiger partial charge is 0.418 e. The normalized spacial score (nSPS) is 20.1. The van der Waals surface area contributed by atoms with Crippen LogP contribution in [0.15, 0.2) is 22.7 Å². The molecule has 20 heavy (non-hydrogen) atoms. The van der Waals surface area contributed by atoms with Crippen molar-refractivity contribution in [1.82, 2.24) is 4.90 Å². The molecule has 1 aliphatic rings. The Kier molecular flexibility index (Phi) is 4.27. The molecule has 1 amide bonds. The first-order valence-corrected chi connectivity index (χ1v) is 6.94. The summed E-state index contributed by atoms with van der Waals surface area (Å²) in [4.78, 5) is 12.9. The Balaban J connectivity index is 2.19. The molecule has 1 unspecified atom stereocenters. The molecule has 3 nitrogen and oxygen atoms in total. The van der Waals surface area contributed by atoms with E-state index in [2.05, 4.69) is 21.2 Å². The van der Waals surface area contributed by atoms with Crippen LogP contribution in [0.4, 0.5) is 18.9 Å². The lowest BCUT2D eigenvalue weighted by molar-refractivity contribution is -0.137. The quantitative estimate of drug-likeness (QED) is 0.885. The van der Waals surface area contributed by atoms with Crippen LogP contribution in [0.3, 0.4) is 0 Å². The number of nitrogens with one attached hydrogen (secondary N) is 1. The first-order chi connectivity index (χ1) is 9.27. The van der Waals surface area contributed by atoms with Gasteiger partial charge in [-0.1, -0.05) is 15.9 Å². The van der Waals surface area contributed by atoms with E-state index in [1.807, 2.05) is 0 Å². The molecule has 1 fully saturated rings. The zero-order chi connectivity index (χ0) is 14.9. The lowest BCUT2D eigenvalue weighted by atomic mass is 10.0. The summed E-state index contributed by atoms with van der Waals surface area (Å²) in [7, 11) is 1.66. The summed E-state index contributed by atoms with van der Waals surface area (Å²) in [6.45, 7) is 0.409. The predicted molar refractivity (Wildman–Crippen MR) is 73.4 cm³/mol. The number of anilines is 1. The fraction of sp³-hybridized carbons (Fsp3) is 0.462. The van der Waals surface area contributed by atoms with Gasteiger partial charge < -0.3 is 10.2 Å². The molecule has 1 aromatic carbocycles. The minimum atomic E-state index is -4.41. The Bertz CT molecular complexity index is 519.